The molecule has 0 bridgehead atoms. The van der Waals surface area contributed by atoms with Crippen molar-refractivity contribution in [1.82, 2.24) is 9.97 Å². The maximum Gasteiger partial charge on any atom is 0.354 e. The molecule has 7 nitrogen and oxygen atoms in total. The molecule has 8 heteroatoms. The number of carboxylic acid groups (broad SMARTS) is 1. The Morgan fingerprint density at radius 3 is 2.88 bits per heavy atom. The quantitative estimate of drug-likeness (QED) is 0.364. The molecule has 0 saturated carbocycles. The van der Waals surface area contributed by atoms with Crippen molar-refractivity contribution in [2.75, 3.05) is 17.3 Å². The lowest BCUT2D eigenvalue weighted by molar-refractivity contribution is 0.0689. The van der Waals surface area contributed by atoms with E-state index < -0.39 is 5.97 Å². The van der Waals surface area contributed by atoms with Gasteiger partial charge in [0.15, 0.2) is 5.69 Å². The molecule has 0 amide bonds. The number of benzene rings is 2. The first-order valence-corrected chi connectivity index (χ1v) is 11.2. The van der Waals surface area contributed by atoms with Gasteiger partial charge in [0, 0.05) is 29.8 Å². The van der Waals surface area contributed by atoms with Gasteiger partial charge in [-0.05, 0) is 42.3 Å². The summed E-state index contributed by atoms with van der Waals surface area (Å²) in [5.74, 6) is -1.01. The third-order valence-corrected chi connectivity index (χ3v) is 6.39. The van der Waals surface area contributed by atoms with E-state index in [0.717, 1.165) is 56.4 Å². The minimum atomic E-state index is -1.01. The highest BCUT2D eigenvalue weighted by atomic mass is 32.1. The summed E-state index contributed by atoms with van der Waals surface area (Å²) in [6, 6.07) is 17.7. The van der Waals surface area contributed by atoms with Gasteiger partial charge < -0.3 is 10.4 Å². The van der Waals surface area contributed by atoms with E-state index in [1.54, 1.807) is 11.3 Å². The lowest BCUT2D eigenvalue weighted by atomic mass is 9.97. The monoisotopic (exact) mass is 443 g/mol. The Hall–Kier alpha value is -3.78. The number of anilines is 2. The van der Waals surface area contributed by atoms with E-state index in [2.05, 4.69) is 25.8 Å². The molecule has 160 valence electrons. The standard InChI is InChI=1S/C24H21N5O2S/c1-2-14-7-9-17(26-22(14)23(30)31)15-8-10-18-16(13-15)19(11-12-25-18)28-29-24-27-20-5-3-4-6-21(20)32-24/h3-10,13,25H,2,11-12H2,1H3,(H,27,29)(H,30,31)/b28-19+. The van der Waals surface area contributed by atoms with Gasteiger partial charge in [0.25, 0.3) is 0 Å². The van der Waals surface area contributed by atoms with Gasteiger partial charge >= 0.3 is 5.97 Å². The summed E-state index contributed by atoms with van der Waals surface area (Å²) in [6.07, 6.45) is 1.38. The molecule has 32 heavy (non-hydrogen) atoms. The topological polar surface area (TPSA) is 99.5 Å². The molecule has 3 N–H and O–H groups in total. The number of aromatic carboxylic acids is 1. The molecule has 0 spiro atoms. The van der Waals surface area contributed by atoms with E-state index in [0.29, 0.717) is 12.1 Å². The zero-order chi connectivity index (χ0) is 22.1. The van der Waals surface area contributed by atoms with Crippen molar-refractivity contribution in [1.29, 1.82) is 0 Å². The Labute approximate surface area is 188 Å². The van der Waals surface area contributed by atoms with Crippen LogP contribution in [0.25, 0.3) is 21.5 Å². The van der Waals surface area contributed by atoms with Gasteiger partial charge in [-0.2, -0.15) is 5.10 Å². The summed E-state index contributed by atoms with van der Waals surface area (Å²) >= 11 is 1.56. The maximum absolute atomic E-state index is 11.6. The normalized spacial score (nSPS) is 14.2. The number of fused-ring (bicyclic) bond motifs is 2. The number of nitrogens with one attached hydrogen (secondary N) is 2. The molecule has 0 atom stereocenters. The number of aryl methyl sites for hydroxylation is 1. The summed E-state index contributed by atoms with van der Waals surface area (Å²) in [4.78, 5) is 20.6. The first-order chi connectivity index (χ1) is 15.6. The van der Waals surface area contributed by atoms with Crippen LogP contribution in [-0.2, 0) is 6.42 Å². The van der Waals surface area contributed by atoms with Crippen LogP contribution in [-0.4, -0.2) is 33.3 Å². The number of hydrazone groups is 1. The second kappa shape index (κ2) is 8.39. The summed E-state index contributed by atoms with van der Waals surface area (Å²) in [6.45, 7) is 2.72. The highest BCUT2D eigenvalue weighted by Gasteiger charge is 2.18. The summed E-state index contributed by atoms with van der Waals surface area (Å²) in [5, 5.41) is 18.3. The fraction of sp³-hybridized carbons (Fsp3) is 0.167. The van der Waals surface area contributed by atoms with Crippen molar-refractivity contribution in [2.45, 2.75) is 19.8 Å². The van der Waals surface area contributed by atoms with E-state index in [4.69, 9.17) is 0 Å². The number of pyridine rings is 1. The van der Waals surface area contributed by atoms with E-state index in [-0.39, 0.29) is 5.69 Å². The van der Waals surface area contributed by atoms with Gasteiger partial charge in [0.2, 0.25) is 5.13 Å². The van der Waals surface area contributed by atoms with Crippen LogP contribution >= 0.6 is 11.3 Å². The average molecular weight is 444 g/mol. The summed E-state index contributed by atoms with van der Waals surface area (Å²) in [5.41, 5.74) is 9.26. The van der Waals surface area contributed by atoms with Gasteiger partial charge in [-0.25, -0.2) is 14.8 Å². The van der Waals surface area contributed by atoms with E-state index in [1.807, 2.05) is 61.5 Å². The molecule has 0 radical (unpaired) electrons. The molecule has 1 aliphatic heterocycles. The third kappa shape index (κ3) is 3.80. The average Bonchev–Trinajstić information content (AvgIpc) is 3.25. The van der Waals surface area contributed by atoms with Crippen molar-refractivity contribution in [3.63, 3.8) is 0 Å². The van der Waals surface area contributed by atoms with Crippen molar-refractivity contribution >= 4 is 44.1 Å². The Morgan fingerprint density at radius 1 is 1.19 bits per heavy atom. The number of carbonyl (C=O) groups is 1. The minimum Gasteiger partial charge on any atom is -0.477 e. The molecule has 0 fully saturated rings. The molecule has 1 aliphatic rings. The summed E-state index contributed by atoms with van der Waals surface area (Å²) in [7, 11) is 0. The van der Waals surface area contributed by atoms with Crippen LogP contribution in [0.5, 0.6) is 0 Å². The molecule has 0 aliphatic carbocycles. The van der Waals surface area contributed by atoms with Crippen LogP contribution in [0.1, 0.15) is 35.0 Å². The second-order valence-electron chi connectivity index (χ2n) is 7.46. The van der Waals surface area contributed by atoms with E-state index >= 15 is 0 Å². The minimum absolute atomic E-state index is 0.104. The van der Waals surface area contributed by atoms with E-state index in [1.165, 1.54) is 0 Å². The number of carboxylic acids is 1. The predicted octanol–water partition coefficient (Wildman–Crippen LogP) is 5.25. The van der Waals surface area contributed by atoms with Crippen LogP contribution < -0.4 is 10.7 Å². The van der Waals surface area contributed by atoms with Crippen LogP contribution in [0.4, 0.5) is 10.8 Å². The van der Waals surface area contributed by atoms with Crippen LogP contribution in [0, 0.1) is 0 Å². The fourth-order valence-corrected chi connectivity index (χ4v) is 4.63. The summed E-state index contributed by atoms with van der Waals surface area (Å²) < 4.78 is 1.11. The van der Waals surface area contributed by atoms with Crippen molar-refractivity contribution in [3.8, 4) is 11.3 Å². The van der Waals surface area contributed by atoms with Gasteiger partial charge in [0.05, 0.1) is 21.6 Å². The molecule has 0 unspecified atom stereocenters. The van der Waals surface area contributed by atoms with Gasteiger partial charge in [0.1, 0.15) is 0 Å². The Balaban J connectivity index is 1.49. The van der Waals surface area contributed by atoms with Crippen LogP contribution in [0.15, 0.2) is 59.7 Å². The lowest BCUT2D eigenvalue weighted by Gasteiger charge is -2.20. The first kappa shape index (κ1) is 20.1. The zero-order valence-electron chi connectivity index (χ0n) is 17.4. The van der Waals surface area contributed by atoms with Crippen LogP contribution in [0.3, 0.4) is 0 Å². The Bertz CT molecular complexity index is 1330. The highest BCUT2D eigenvalue weighted by Crippen LogP contribution is 2.30. The van der Waals surface area contributed by atoms with Crippen molar-refractivity contribution in [2.24, 2.45) is 5.10 Å². The Morgan fingerprint density at radius 2 is 2.06 bits per heavy atom. The molecular formula is C24H21N5O2S. The molecule has 4 aromatic rings. The predicted molar refractivity (Wildman–Crippen MR) is 129 cm³/mol. The smallest absolute Gasteiger partial charge is 0.354 e. The SMILES string of the molecule is CCc1ccc(-c2ccc3c(c2)/C(=N/Nc2nc4ccccc4s2)CCN3)nc1C(=O)O. The molecule has 5 rings (SSSR count). The van der Waals surface area contributed by atoms with Crippen molar-refractivity contribution in [3.05, 3.63) is 71.4 Å². The number of hydrogen-bond acceptors (Lipinski definition) is 7. The van der Waals surface area contributed by atoms with Crippen LogP contribution in [0.2, 0.25) is 0 Å². The Kier molecular flexibility index (Phi) is 5.28. The highest BCUT2D eigenvalue weighted by molar-refractivity contribution is 7.22. The van der Waals surface area contributed by atoms with Gasteiger partial charge in [-0.1, -0.05) is 42.5 Å². The first-order valence-electron chi connectivity index (χ1n) is 10.4. The lowest BCUT2D eigenvalue weighted by Crippen LogP contribution is -2.20. The number of rotatable bonds is 5. The molecular weight excluding hydrogens is 422 g/mol. The number of para-hydroxylation sites is 1. The number of nitrogens with zero attached hydrogens (tertiary/aromatic N) is 3. The maximum atomic E-state index is 11.6. The van der Waals surface area contributed by atoms with E-state index in [9.17, 15) is 9.90 Å². The number of hydrogen-bond donors (Lipinski definition) is 3. The fourth-order valence-electron chi connectivity index (χ4n) is 3.82. The number of thiazole rings is 1. The third-order valence-electron chi connectivity index (χ3n) is 5.45. The largest absolute Gasteiger partial charge is 0.477 e. The zero-order valence-corrected chi connectivity index (χ0v) is 18.2. The van der Waals surface area contributed by atoms with Gasteiger partial charge in [-0.15, -0.1) is 0 Å². The number of aromatic nitrogens is 2. The molecule has 2 aromatic heterocycles. The molecule has 2 aromatic carbocycles. The molecule has 3 heterocycles. The van der Waals surface area contributed by atoms with Crippen molar-refractivity contribution < 1.29 is 9.90 Å². The van der Waals surface area contributed by atoms with Gasteiger partial charge in [-0.3, -0.25) is 5.43 Å². The second-order valence-corrected chi connectivity index (χ2v) is 8.49. The molecule has 0 saturated heterocycles.